The number of ketones is 1. The van der Waals surface area contributed by atoms with Crippen LogP contribution in [0.4, 0.5) is 0 Å². The zero-order valence-corrected chi connectivity index (χ0v) is 13.0. The minimum Gasteiger partial charge on any atom is -0.480 e. The van der Waals surface area contributed by atoms with E-state index in [0.29, 0.717) is 0 Å². The van der Waals surface area contributed by atoms with E-state index >= 15 is 0 Å². The fourth-order valence-electron chi connectivity index (χ4n) is 1.75. The molecule has 1 aromatic carbocycles. The van der Waals surface area contributed by atoms with Crippen LogP contribution in [-0.2, 0) is 14.8 Å². The average Bonchev–Trinajstić information content (AvgIpc) is 2.43. The molecular formula is C14H19NO5S. The Morgan fingerprint density at radius 1 is 1.29 bits per heavy atom. The highest BCUT2D eigenvalue weighted by Crippen LogP contribution is 2.15. The number of carboxylic acids is 1. The van der Waals surface area contributed by atoms with Gasteiger partial charge in [-0.3, -0.25) is 9.59 Å². The molecule has 1 rings (SSSR count). The monoisotopic (exact) mass is 313 g/mol. The fraction of sp³-hybridized carbons (Fsp3) is 0.429. The molecule has 0 aliphatic rings. The average molecular weight is 313 g/mol. The molecule has 0 aliphatic heterocycles. The molecule has 0 saturated carbocycles. The van der Waals surface area contributed by atoms with Gasteiger partial charge < -0.3 is 5.11 Å². The Labute approximate surface area is 124 Å². The number of aliphatic carboxylic acids is 1. The highest BCUT2D eigenvalue weighted by atomic mass is 32.2. The SMILES string of the molecule is CCC(=O)c1cccc(S(=O)(=O)N[C@@H](C(=O)O)C(C)C)c1. The summed E-state index contributed by atoms with van der Waals surface area (Å²) in [7, 11) is -4.00. The molecule has 2 N–H and O–H groups in total. The largest absolute Gasteiger partial charge is 0.480 e. The molecule has 21 heavy (non-hydrogen) atoms. The van der Waals surface area contributed by atoms with Gasteiger partial charge in [-0.2, -0.15) is 4.72 Å². The lowest BCUT2D eigenvalue weighted by atomic mass is 10.1. The van der Waals surface area contributed by atoms with Crippen LogP contribution in [0.5, 0.6) is 0 Å². The van der Waals surface area contributed by atoms with Gasteiger partial charge in [0.1, 0.15) is 6.04 Å². The van der Waals surface area contributed by atoms with E-state index in [1.54, 1.807) is 20.8 Å². The van der Waals surface area contributed by atoms with E-state index in [0.717, 1.165) is 0 Å². The van der Waals surface area contributed by atoms with E-state index < -0.39 is 28.0 Å². The Bertz CT molecular complexity index is 637. The number of benzene rings is 1. The number of hydrogen-bond acceptors (Lipinski definition) is 4. The van der Waals surface area contributed by atoms with Crippen molar-refractivity contribution in [3.8, 4) is 0 Å². The first-order valence-corrected chi connectivity index (χ1v) is 8.05. The summed E-state index contributed by atoms with van der Waals surface area (Å²) in [5, 5.41) is 9.05. The second-order valence-corrected chi connectivity index (χ2v) is 6.70. The summed E-state index contributed by atoms with van der Waals surface area (Å²) >= 11 is 0. The molecule has 116 valence electrons. The molecule has 0 bridgehead atoms. The molecule has 0 amide bonds. The summed E-state index contributed by atoms with van der Waals surface area (Å²) in [5.74, 6) is -1.82. The molecule has 1 aromatic rings. The van der Waals surface area contributed by atoms with Crippen LogP contribution in [0, 0.1) is 5.92 Å². The lowest BCUT2D eigenvalue weighted by Crippen LogP contribution is -2.44. The van der Waals surface area contributed by atoms with Crippen molar-refractivity contribution in [1.29, 1.82) is 0 Å². The highest BCUT2D eigenvalue weighted by molar-refractivity contribution is 7.89. The minimum atomic E-state index is -4.00. The Morgan fingerprint density at radius 3 is 2.38 bits per heavy atom. The molecule has 0 saturated heterocycles. The van der Waals surface area contributed by atoms with Crippen LogP contribution in [-0.4, -0.2) is 31.3 Å². The first-order chi connectivity index (χ1) is 9.69. The van der Waals surface area contributed by atoms with Crippen molar-refractivity contribution in [2.45, 2.75) is 38.1 Å². The highest BCUT2D eigenvalue weighted by Gasteiger charge is 2.28. The molecule has 0 aliphatic carbocycles. The maximum atomic E-state index is 12.2. The lowest BCUT2D eigenvalue weighted by molar-refractivity contribution is -0.140. The van der Waals surface area contributed by atoms with Crippen molar-refractivity contribution >= 4 is 21.8 Å². The van der Waals surface area contributed by atoms with Crippen LogP contribution in [0.3, 0.4) is 0 Å². The predicted molar refractivity (Wildman–Crippen MR) is 77.6 cm³/mol. The number of nitrogens with one attached hydrogen (secondary N) is 1. The van der Waals surface area contributed by atoms with E-state index in [-0.39, 0.29) is 22.7 Å². The van der Waals surface area contributed by atoms with Gasteiger partial charge in [0.25, 0.3) is 0 Å². The maximum Gasteiger partial charge on any atom is 0.322 e. The van der Waals surface area contributed by atoms with Crippen molar-refractivity contribution in [2.24, 2.45) is 5.92 Å². The zero-order valence-electron chi connectivity index (χ0n) is 12.2. The summed E-state index contributed by atoms with van der Waals surface area (Å²) in [6.07, 6.45) is 0.265. The van der Waals surface area contributed by atoms with Crippen LogP contribution < -0.4 is 4.72 Å². The zero-order chi connectivity index (χ0) is 16.2. The summed E-state index contributed by atoms with van der Waals surface area (Å²) in [4.78, 5) is 22.6. The molecule has 0 heterocycles. The lowest BCUT2D eigenvalue weighted by Gasteiger charge is -2.18. The second-order valence-electron chi connectivity index (χ2n) is 4.99. The summed E-state index contributed by atoms with van der Waals surface area (Å²) < 4.78 is 26.6. The number of Topliss-reactive ketones (excluding diaryl/α,β-unsaturated/α-hetero) is 1. The number of rotatable bonds is 7. The van der Waals surface area contributed by atoms with Gasteiger partial charge in [-0.15, -0.1) is 0 Å². The van der Waals surface area contributed by atoms with Crippen molar-refractivity contribution in [3.05, 3.63) is 29.8 Å². The molecule has 1 atom stereocenters. The molecule has 6 nitrogen and oxygen atoms in total. The fourth-order valence-corrected chi connectivity index (χ4v) is 3.13. The van der Waals surface area contributed by atoms with Crippen LogP contribution in [0.1, 0.15) is 37.6 Å². The standard InChI is InChI=1S/C14H19NO5S/c1-4-12(16)10-6-5-7-11(8-10)21(19,20)15-13(9(2)3)14(17)18/h5-9,13,15H,4H2,1-3H3,(H,17,18)/t13-/m1/s1. The van der Waals surface area contributed by atoms with Gasteiger partial charge in [0.05, 0.1) is 4.90 Å². The van der Waals surface area contributed by atoms with Gasteiger partial charge in [-0.05, 0) is 18.1 Å². The van der Waals surface area contributed by atoms with Gasteiger partial charge in [0, 0.05) is 12.0 Å². The van der Waals surface area contributed by atoms with Crippen molar-refractivity contribution in [3.63, 3.8) is 0 Å². The Balaban J connectivity index is 3.13. The molecule has 0 spiro atoms. The third-order valence-corrected chi connectivity index (χ3v) is 4.44. The molecule has 0 aromatic heterocycles. The molecule has 0 unspecified atom stereocenters. The normalized spacial score (nSPS) is 13.1. The quantitative estimate of drug-likeness (QED) is 0.746. The Morgan fingerprint density at radius 2 is 1.90 bits per heavy atom. The molecule has 0 fully saturated rings. The van der Waals surface area contributed by atoms with Crippen molar-refractivity contribution < 1.29 is 23.1 Å². The number of sulfonamides is 1. The number of hydrogen-bond donors (Lipinski definition) is 2. The Kier molecular flexibility index (Phi) is 5.62. The van der Waals surface area contributed by atoms with Crippen molar-refractivity contribution in [2.75, 3.05) is 0 Å². The van der Waals surface area contributed by atoms with Crippen LogP contribution in [0.15, 0.2) is 29.2 Å². The van der Waals surface area contributed by atoms with Crippen LogP contribution in [0.25, 0.3) is 0 Å². The third-order valence-electron chi connectivity index (χ3n) is 3.00. The van der Waals surface area contributed by atoms with E-state index in [1.807, 2.05) is 0 Å². The van der Waals surface area contributed by atoms with Gasteiger partial charge in [0.2, 0.25) is 10.0 Å². The Hall–Kier alpha value is -1.73. The predicted octanol–water partition coefficient (Wildman–Crippen LogP) is 1.67. The van der Waals surface area contributed by atoms with E-state index in [4.69, 9.17) is 5.11 Å². The van der Waals surface area contributed by atoms with Crippen LogP contribution >= 0.6 is 0 Å². The second kappa shape index (κ2) is 6.82. The first kappa shape index (κ1) is 17.3. The summed E-state index contributed by atoms with van der Waals surface area (Å²) in [5.41, 5.74) is 0.289. The number of carboxylic acid groups (broad SMARTS) is 1. The summed E-state index contributed by atoms with van der Waals surface area (Å²) in [6.45, 7) is 4.90. The topological polar surface area (TPSA) is 101 Å². The molecule has 7 heteroatoms. The summed E-state index contributed by atoms with van der Waals surface area (Å²) in [6, 6.07) is 4.35. The van der Waals surface area contributed by atoms with Gasteiger partial charge in [-0.1, -0.05) is 32.9 Å². The smallest absolute Gasteiger partial charge is 0.322 e. The van der Waals surface area contributed by atoms with Crippen molar-refractivity contribution in [1.82, 2.24) is 4.72 Å². The van der Waals surface area contributed by atoms with Crippen LogP contribution in [0.2, 0.25) is 0 Å². The first-order valence-electron chi connectivity index (χ1n) is 6.57. The van der Waals surface area contributed by atoms with E-state index in [1.165, 1.54) is 24.3 Å². The number of carbonyl (C=O) groups is 2. The number of carbonyl (C=O) groups excluding carboxylic acids is 1. The minimum absolute atomic E-state index is 0.117. The van der Waals surface area contributed by atoms with Gasteiger partial charge in [0.15, 0.2) is 5.78 Å². The van der Waals surface area contributed by atoms with Gasteiger partial charge >= 0.3 is 5.97 Å². The third kappa shape index (κ3) is 4.37. The van der Waals surface area contributed by atoms with E-state index in [9.17, 15) is 18.0 Å². The molecular weight excluding hydrogens is 294 g/mol. The van der Waals surface area contributed by atoms with E-state index in [2.05, 4.69) is 4.72 Å². The maximum absolute atomic E-state index is 12.2. The van der Waals surface area contributed by atoms with Gasteiger partial charge in [-0.25, -0.2) is 8.42 Å². The molecule has 0 radical (unpaired) electrons.